The number of anilines is 1. The molecule has 1 aliphatic heterocycles. The van der Waals surface area contributed by atoms with Gasteiger partial charge in [-0.05, 0) is 12.1 Å². The third-order valence-electron chi connectivity index (χ3n) is 4.88. The molecule has 0 bridgehead atoms. The van der Waals surface area contributed by atoms with Crippen LogP contribution in [0.25, 0.3) is 0 Å². The van der Waals surface area contributed by atoms with Crippen molar-refractivity contribution < 1.29 is 22.5 Å². The first-order valence-electron chi connectivity index (χ1n) is 9.17. The molecular weight excluding hydrogens is 447 g/mol. The summed E-state index contributed by atoms with van der Waals surface area (Å²) in [5.74, 6) is -1.26. The fourth-order valence-corrected chi connectivity index (χ4v) is 5.03. The Balaban J connectivity index is 1.89. The van der Waals surface area contributed by atoms with Gasteiger partial charge in [0.05, 0.1) is 30.0 Å². The predicted octanol–water partition coefficient (Wildman–Crippen LogP) is 1.51. The summed E-state index contributed by atoms with van der Waals surface area (Å²) in [5, 5.41) is 11.4. The fourth-order valence-electron chi connectivity index (χ4n) is 3.37. The average molecular weight is 462 g/mol. The predicted molar refractivity (Wildman–Crippen MR) is 109 cm³/mol. The lowest BCUT2D eigenvalue weighted by molar-refractivity contribution is -0.387. The summed E-state index contributed by atoms with van der Waals surface area (Å²) < 4.78 is 48.2. The number of nitro groups is 1. The van der Waals surface area contributed by atoms with Crippen molar-refractivity contribution in [3.8, 4) is 0 Å². The highest BCUT2D eigenvalue weighted by atomic mass is 32.2. The number of hydrogen-bond acceptors (Lipinski definition) is 7. The number of H-pyrrole nitrogens is 1. The molecule has 3 aromatic rings. The second-order valence-corrected chi connectivity index (χ2v) is 8.63. The number of benzene rings is 2. The largest absolute Gasteiger partial charge is 0.351 e. The Hall–Kier alpha value is -3.84. The lowest BCUT2D eigenvalue weighted by Crippen LogP contribution is -2.41. The number of rotatable bonds is 4. The highest BCUT2D eigenvalue weighted by Gasteiger charge is 2.36. The maximum atomic E-state index is 13.9. The van der Waals surface area contributed by atoms with Gasteiger partial charge in [-0.15, -0.1) is 0 Å². The molecular formula is C19H15FN4O7S. The number of halogens is 1. The minimum absolute atomic E-state index is 0.142. The monoisotopic (exact) mass is 462 g/mol. The highest BCUT2D eigenvalue weighted by molar-refractivity contribution is 7.93. The van der Waals surface area contributed by atoms with Crippen LogP contribution in [0.4, 0.5) is 15.8 Å². The Morgan fingerprint density at radius 3 is 2.56 bits per heavy atom. The van der Waals surface area contributed by atoms with E-state index in [0.717, 1.165) is 21.0 Å². The summed E-state index contributed by atoms with van der Waals surface area (Å²) in [6.07, 6.45) is -0.712. The zero-order valence-electron chi connectivity index (χ0n) is 16.2. The minimum Gasteiger partial charge on any atom is -0.351 e. The Morgan fingerprint density at radius 2 is 1.81 bits per heavy atom. The number of para-hydroxylation sites is 2. The molecule has 0 unspecified atom stereocenters. The van der Waals surface area contributed by atoms with Gasteiger partial charge in [-0.25, -0.2) is 13.2 Å². The summed E-state index contributed by atoms with van der Waals surface area (Å²) in [6.45, 7) is -0.659. The van der Waals surface area contributed by atoms with Crippen molar-refractivity contribution in [2.45, 2.75) is 17.7 Å². The third-order valence-corrected chi connectivity index (χ3v) is 6.71. The van der Waals surface area contributed by atoms with Crippen molar-refractivity contribution in [2.24, 2.45) is 0 Å². The number of sulfonamides is 1. The molecule has 0 aliphatic carbocycles. The van der Waals surface area contributed by atoms with Gasteiger partial charge >= 0.3 is 5.69 Å². The zero-order valence-corrected chi connectivity index (χ0v) is 17.0. The van der Waals surface area contributed by atoms with Crippen LogP contribution in [0.5, 0.6) is 0 Å². The van der Waals surface area contributed by atoms with E-state index in [9.17, 15) is 32.5 Å². The Bertz CT molecular complexity index is 1430. The molecule has 4 rings (SSSR count). The van der Waals surface area contributed by atoms with Crippen molar-refractivity contribution in [1.82, 2.24) is 9.55 Å². The molecule has 0 saturated carbocycles. The molecule has 32 heavy (non-hydrogen) atoms. The Labute approximate surface area is 179 Å². The number of aromatic nitrogens is 2. The van der Waals surface area contributed by atoms with Crippen LogP contribution < -0.4 is 15.6 Å². The van der Waals surface area contributed by atoms with E-state index in [-0.39, 0.29) is 12.3 Å². The van der Waals surface area contributed by atoms with Crippen LogP contribution in [0.1, 0.15) is 11.8 Å². The summed E-state index contributed by atoms with van der Waals surface area (Å²) in [4.78, 5) is 35.5. The molecule has 1 N–H and O–H groups in total. The molecule has 0 fully saturated rings. The van der Waals surface area contributed by atoms with E-state index in [1.807, 2.05) is 0 Å². The van der Waals surface area contributed by atoms with Crippen molar-refractivity contribution in [2.75, 3.05) is 10.8 Å². The lowest BCUT2D eigenvalue weighted by atomic mass is 10.2. The number of aromatic amines is 1. The number of ether oxygens (including phenoxy) is 1. The molecule has 0 saturated heterocycles. The number of fused-ring (bicyclic) bond motifs is 1. The lowest BCUT2D eigenvalue weighted by Gasteiger charge is -2.27. The maximum absolute atomic E-state index is 13.9. The molecule has 2 aromatic carbocycles. The molecule has 1 atom stereocenters. The average Bonchev–Trinajstić information content (AvgIpc) is 2.97. The van der Waals surface area contributed by atoms with Gasteiger partial charge in [0.2, 0.25) is 5.82 Å². The Kier molecular flexibility index (Phi) is 5.36. The smallest absolute Gasteiger partial charge is 0.330 e. The quantitative estimate of drug-likeness (QED) is 0.457. The molecule has 1 aliphatic rings. The number of nitrogens with one attached hydrogen (secondary N) is 1. The van der Waals surface area contributed by atoms with Gasteiger partial charge in [0.15, 0.2) is 11.1 Å². The van der Waals surface area contributed by atoms with E-state index < -0.39 is 55.4 Å². The Morgan fingerprint density at radius 1 is 1.12 bits per heavy atom. The first kappa shape index (κ1) is 21.4. The fraction of sp³-hybridized carbons (Fsp3) is 0.158. The van der Waals surface area contributed by atoms with E-state index in [4.69, 9.17) is 4.74 Å². The second kappa shape index (κ2) is 8.01. The van der Waals surface area contributed by atoms with E-state index in [1.54, 1.807) is 23.2 Å². The van der Waals surface area contributed by atoms with Crippen LogP contribution in [-0.2, 0) is 21.4 Å². The molecule has 11 nitrogen and oxygen atoms in total. The topological polar surface area (TPSA) is 145 Å². The van der Waals surface area contributed by atoms with Crippen LogP contribution in [0.3, 0.4) is 0 Å². The number of nitro benzene ring substituents is 1. The molecule has 1 aromatic heterocycles. The van der Waals surface area contributed by atoms with Gasteiger partial charge in [0.25, 0.3) is 21.3 Å². The molecule has 0 amide bonds. The summed E-state index contributed by atoms with van der Waals surface area (Å²) in [6, 6.07) is 11.1. The summed E-state index contributed by atoms with van der Waals surface area (Å²) in [5.41, 5.74) is -2.25. The maximum Gasteiger partial charge on any atom is 0.330 e. The van der Waals surface area contributed by atoms with Gasteiger partial charge < -0.3 is 4.74 Å². The van der Waals surface area contributed by atoms with E-state index in [2.05, 4.69) is 0 Å². The van der Waals surface area contributed by atoms with Gasteiger partial charge in [0.1, 0.15) is 0 Å². The third kappa shape index (κ3) is 3.67. The second-order valence-electron chi connectivity index (χ2n) is 6.80. The van der Waals surface area contributed by atoms with Gasteiger partial charge in [-0.3, -0.25) is 28.8 Å². The number of nitrogens with zero attached hydrogens (tertiary/aromatic N) is 3. The van der Waals surface area contributed by atoms with Gasteiger partial charge in [-0.1, -0.05) is 30.3 Å². The minimum atomic E-state index is -4.52. The number of hydrogen-bond donors (Lipinski definition) is 1. The first-order valence-corrected chi connectivity index (χ1v) is 10.6. The molecule has 166 valence electrons. The van der Waals surface area contributed by atoms with Crippen molar-refractivity contribution in [1.29, 1.82) is 0 Å². The molecule has 2 heterocycles. The van der Waals surface area contributed by atoms with Crippen LogP contribution in [0, 0.1) is 15.9 Å². The van der Waals surface area contributed by atoms with E-state index in [1.165, 1.54) is 18.2 Å². The summed E-state index contributed by atoms with van der Waals surface area (Å²) >= 11 is 0. The normalized spacial score (nSPS) is 16.3. The van der Waals surface area contributed by atoms with Crippen molar-refractivity contribution >= 4 is 21.4 Å². The molecule has 0 spiro atoms. The van der Waals surface area contributed by atoms with Crippen molar-refractivity contribution in [3.63, 3.8) is 0 Å². The summed E-state index contributed by atoms with van der Waals surface area (Å²) in [7, 11) is -4.52. The van der Waals surface area contributed by atoms with Crippen LogP contribution >= 0.6 is 0 Å². The molecule has 0 radical (unpaired) electrons. The first-order chi connectivity index (χ1) is 15.2. The zero-order chi connectivity index (χ0) is 23.0. The van der Waals surface area contributed by atoms with Crippen LogP contribution in [0.2, 0.25) is 0 Å². The van der Waals surface area contributed by atoms with Crippen LogP contribution in [0.15, 0.2) is 69.2 Å². The SMILES string of the molecule is O=c1[nH]c(=O)n([C@H]2CN(S(=O)(=O)c3ccccc3[N+](=O)[O-])c3ccccc3CO2)cc1F. The highest BCUT2D eigenvalue weighted by Crippen LogP contribution is 2.35. The van der Waals surface area contributed by atoms with Gasteiger partial charge in [-0.2, -0.15) is 4.39 Å². The van der Waals surface area contributed by atoms with E-state index in [0.29, 0.717) is 11.8 Å². The van der Waals surface area contributed by atoms with E-state index >= 15 is 0 Å². The standard InChI is InChI=1S/C19H15FN4O7S/c20-13-9-22(19(26)21-18(13)25)17-10-23(14-6-2-1-5-12(14)11-31-17)32(29,30)16-8-4-3-7-15(16)24(27)28/h1-9,17H,10-11H2,(H,21,25,26)/t17-/m1/s1. The van der Waals surface area contributed by atoms with Crippen LogP contribution in [-0.4, -0.2) is 29.4 Å². The van der Waals surface area contributed by atoms with Crippen molar-refractivity contribution in [3.05, 3.63) is 97.1 Å². The molecule has 13 heteroatoms. The van der Waals surface area contributed by atoms with Gasteiger partial charge in [0, 0.05) is 11.6 Å².